The summed E-state index contributed by atoms with van der Waals surface area (Å²) in [6.45, 7) is 7.47. The lowest BCUT2D eigenvalue weighted by Gasteiger charge is -2.23. The van der Waals surface area contributed by atoms with Crippen LogP contribution < -0.4 is 10.6 Å². The minimum atomic E-state index is -0.0426. The number of anilines is 1. The summed E-state index contributed by atoms with van der Waals surface area (Å²) in [5, 5.41) is 6.21. The standard InChI is InChI=1S/C15H24N2O2/c1-5-16-15(18)12-7-6-8-13(9-12)17-14(10-19-4)11(2)3/h6-9,11,14,17H,5,10H2,1-4H3,(H,16,18). The monoisotopic (exact) mass is 264 g/mol. The topological polar surface area (TPSA) is 50.4 Å². The number of rotatable bonds is 7. The van der Waals surface area contributed by atoms with E-state index < -0.39 is 0 Å². The Morgan fingerprint density at radius 3 is 2.68 bits per heavy atom. The highest BCUT2D eigenvalue weighted by Gasteiger charge is 2.13. The molecule has 0 saturated heterocycles. The number of benzene rings is 1. The largest absolute Gasteiger partial charge is 0.383 e. The molecule has 1 atom stereocenters. The van der Waals surface area contributed by atoms with Crippen molar-refractivity contribution in [3.8, 4) is 0 Å². The molecule has 1 unspecified atom stereocenters. The van der Waals surface area contributed by atoms with Gasteiger partial charge in [0.2, 0.25) is 0 Å². The van der Waals surface area contributed by atoms with Gasteiger partial charge in [-0.05, 0) is 31.0 Å². The van der Waals surface area contributed by atoms with Crippen molar-refractivity contribution in [3.05, 3.63) is 29.8 Å². The van der Waals surface area contributed by atoms with Crippen molar-refractivity contribution in [1.29, 1.82) is 0 Å². The van der Waals surface area contributed by atoms with Crippen molar-refractivity contribution in [2.45, 2.75) is 26.8 Å². The van der Waals surface area contributed by atoms with E-state index in [4.69, 9.17) is 4.74 Å². The molecule has 0 heterocycles. The number of methoxy groups -OCH3 is 1. The number of ether oxygens (including phenoxy) is 1. The summed E-state index contributed by atoms with van der Waals surface area (Å²) >= 11 is 0. The molecule has 0 radical (unpaired) electrons. The van der Waals surface area contributed by atoms with Gasteiger partial charge in [0.15, 0.2) is 0 Å². The highest BCUT2D eigenvalue weighted by Crippen LogP contribution is 2.15. The van der Waals surface area contributed by atoms with Gasteiger partial charge in [0.25, 0.3) is 5.91 Å². The second-order valence-corrected chi connectivity index (χ2v) is 4.89. The van der Waals surface area contributed by atoms with Gasteiger partial charge >= 0.3 is 0 Å². The predicted molar refractivity (Wildman–Crippen MR) is 78.6 cm³/mol. The minimum absolute atomic E-state index is 0.0426. The Balaban J connectivity index is 2.78. The van der Waals surface area contributed by atoms with Crippen LogP contribution in [0.3, 0.4) is 0 Å². The van der Waals surface area contributed by atoms with Gasteiger partial charge in [0.1, 0.15) is 0 Å². The number of carbonyl (C=O) groups is 1. The summed E-state index contributed by atoms with van der Waals surface area (Å²) in [7, 11) is 1.70. The number of carbonyl (C=O) groups excluding carboxylic acids is 1. The zero-order chi connectivity index (χ0) is 14.3. The van der Waals surface area contributed by atoms with Gasteiger partial charge in [-0.2, -0.15) is 0 Å². The lowest BCUT2D eigenvalue weighted by Crippen LogP contribution is -2.30. The van der Waals surface area contributed by atoms with Crippen molar-refractivity contribution in [1.82, 2.24) is 5.32 Å². The van der Waals surface area contributed by atoms with Gasteiger partial charge < -0.3 is 15.4 Å². The maximum Gasteiger partial charge on any atom is 0.251 e. The smallest absolute Gasteiger partial charge is 0.251 e. The molecule has 0 aliphatic carbocycles. The zero-order valence-corrected chi connectivity index (χ0v) is 12.2. The van der Waals surface area contributed by atoms with E-state index in [0.29, 0.717) is 24.6 Å². The fourth-order valence-corrected chi connectivity index (χ4v) is 1.81. The molecule has 4 heteroatoms. The fourth-order valence-electron chi connectivity index (χ4n) is 1.81. The van der Waals surface area contributed by atoms with E-state index >= 15 is 0 Å². The van der Waals surface area contributed by atoms with Crippen molar-refractivity contribution in [2.75, 3.05) is 25.6 Å². The first-order chi connectivity index (χ1) is 9.08. The number of hydrogen-bond acceptors (Lipinski definition) is 3. The molecule has 4 nitrogen and oxygen atoms in total. The van der Waals surface area contributed by atoms with Crippen molar-refractivity contribution in [2.24, 2.45) is 5.92 Å². The Morgan fingerprint density at radius 2 is 2.11 bits per heavy atom. The molecule has 1 amide bonds. The third-order valence-corrected chi connectivity index (χ3v) is 2.97. The number of amides is 1. The van der Waals surface area contributed by atoms with Crippen LogP contribution in [0, 0.1) is 5.92 Å². The van der Waals surface area contributed by atoms with Crippen LogP contribution in [-0.2, 0) is 4.74 Å². The molecule has 1 rings (SSSR count). The first-order valence-corrected chi connectivity index (χ1v) is 6.72. The normalized spacial score (nSPS) is 12.3. The second-order valence-electron chi connectivity index (χ2n) is 4.89. The van der Waals surface area contributed by atoms with Gasteiger partial charge in [-0.25, -0.2) is 0 Å². The fraction of sp³-hybridized carbons (Fsp3) is 0.533. The first-order valence-electron chi connectivity index (χ1n) is 6.72. The molecule has 0 aromatic heterocycles. The minimum Gasteiger partial charge on any atom is -0.383 e. The molecule has 1 aromatic rings. The summed E-state index contributed by atoms with van der Waals surface area (Å²) < 4.78 is 5.21. The van der Waals surface area contributed by atoms with Gasteiger partial charge in [0, 0.05) is 24.9 Å². The lowest BCUT2D eigenvalue weighted by molar-refractivity contribution is 0.0956. The maximum absolute atomic E-state index is 11.8. The highest BCUT2D eigenvalue weighted by atomic mass is 16.5. The van der Waals surface area contributed by atoms with Crippen LogP contribution in [0.5, 0.6) is 0 Å². The van der Waals surface area contributed by atoms with Crippen LogP contribution in [0.15, 0.2) is 24.3 Å². The van der Waals surface area contributed by atoms with E-state index in [1.807, 2.05) is 31.2 Å². The molecule has 106 valence electrons. The first kappa shape index (κ1) is 15.5. The Bertz CT molecular complexity index is 405. The maximum atomic E-state index is 11.8. The molecule has 0 saturated carbocycles. The zero-order valence-electron chi connectivity index (χ0n) is 12.2. The molecule has 0 aliphatic heterocycles. The van der Waals surface area contributed by atoms with Crippen molar-refractivity contribution in [3.63, 3.8) is 0 Å². The van der Waals surface area contributed by atoms with Crippen LogP contribution in [0.4, 0.5) is 5.69 Å². The second kappa shape index (κ2) is 7.79. The molecule has 0 fully saturated rings. The number of nitrogens with one attached hydrogen (secondary N) is 2. The van der Waals surface area contributed by atoms with Crippen molar-refractivity contribution < 1.29 is 9.53 Å². The number of hydrogen-bond donors (Lipinski definition) is 2. The lowest BCUT2D eigenvalue weighted by atomic mass is 10.0. The summed E-state index contributed by atoms with van der Waals surface area (Å²) in [4.78, 5) is 11.8. The molecule has 0 bridgehead atoms. The molecule has 1 aromatic carbocycles. The van der Waals surface area contributed by atoms with Crippen LogP contribution in [-0.4, -0.2) is 32.2 Å². The summed E-state index contributed by atoms with van der Waals surface area (Å²) in [5.41, 5.74) is 1.62. The van der Waals surface area contributed by atoms with Crippen LogP contribution in [0.25, 0.3) is 0 Å². The van der Waals surface area contributed by atoms with E-state index in [0.717, 1.165) is 5.69 Å². The van der Waals surface area contributed by atoms with Crippen LogP contribution in [0.2, 0.25) is 0 Å². The third-order valence-electron chi connectivity index (χ3n) is 2.97. The van der Waals surface area contributed by atoms with E-state index in [2.05, 4.69) is 24.5 Å². The average molecular weight is 264 g/mol. The van der Waals surface area contributed by atoms with Gasteiger partial charge in [0.05, 0.1) is 12.6 Å². The van der Waals surface area contributed by atoms with E-state index in [1.54, 1.807) is 7.11 Å². The van der Waals surface area contributed by atoms with E-state index in [9.17, 15) is 4.79 Å². The quantitative estimate of drug-likeness (QED) is 0.795. The van der Waals surface area contributed by atoms with Gasteiger partial charge in [-0.1, -0.05) is 19.9 Å². The molecule has 0 spiro atoms. The SMILES string of the molecule is CCNC(=O)c1cccc(NC(COC)C(C)C)c1. The Labute approximate surface area is 115 Å². The van der Waals surface area contributed by atoms with Crippen LogP contribution in [0.1, 0.15) is 31.1 Å². The van der Waals surface area contributed by atoms with Gasteiger partial charge in [-0.3, -0.25) is 4.79 Å². The molecule has 0 aliphatic rings. The highest BCUT2D eigenvalue weighted by molar-refractivity contribution is 5.95. The molecular formula is C15H24N2O2. The summed E-state index contributed by atoms with van der Waals surface area (Å²) in [6.07, 6.45) is 0. The van der Waals surface area contributed by atoms with Crippen molar-refractivity contribution >= 4 is 11.6 Å². The predicted octanol–water partition coefficient (Wildman–Crippen LogP) is 2.52. The molecule has 2 N–H and O–H groups in total. The summed E-state index contributed by atoms with van der Waals surface area (Å²) in [6, 6.07) is 7.77. The molecule has 19 heavy (non-hydrogen) atoms. The van der Waals surface area contributed by atoms with E-state index in [-0.39, 0.29) is 11.9 Å². The van der Waals surface area contributed by atoms with Gasteiger partial charge in [-0.15, -0.1) is 0 Å². The Kier molecular flexibility index (Phi) is 6.36. The van der Waals surface area contributed by atoms with Crippen LogP contribution >= 0.6 is 0 Å². The Morgan fingerprint density at radius 1 is 1.37 bits per heavy atom. The molecular weight excluding hydrogens is 240 g/mol. The summed E-state index contributed by atoms with van der Waals surface area (Å²) in [5.74, 6) is 0.409. The van der Waals surface area contributed by atoms with E-state index in [1.165, 1.54) is 0 Å². The Hall–Kier alpha value is -1.55. The average Bonchev–Trinajstić information content (AvgIpc) is 2.39. The third kappa shape index (κ3) is 4.91.